The van der Waals surface area contributed by atoms with Crippen molar-refractivity contribution in [2.45, 2.75) is 64.0 Å². The molecule has 0 unspecified atom stereocenters. The van der Waals surface area contributed by atoms with Gasteiger partial charge in [-0.15, -0.1) is 0 Å². The number of benzene rings is 2. The summed E-state index contributed by atoms with van der Waals surface area (Å²) in [6, 6.07) is 21.3. The molecule has 0 radical (unpaired) electrons. The summed E-state index contributed by atoms with van der Waals surface area (Å²) < 4.78 is 1.75. The van der Waals surface area contributed by atoms with E-state index < -0.39 is 0 Å². The highest BCUT2D eigenvalue weighted by Gasteiger charge is 2.52. The highest BCUT2D eigenvalue weighted by atomic mass is 16.2. The lowest BCUT2D eigenvalue weighted by molar-refractivity contribution is -0.117. The number of nitrogens with one attached hydrogen (secondary N) is 2. The number of nitrogens with zero attached hydrogens (tertiary/aromatic N) is 3. The summed E-state index contributed by atoms with van der Waals surface area (Å²) in [6.07, 6.45) is 7.23. The van der Waals surface area contributed by atoms with Crippen LogP contribution in [0.25, 0.3) is 16.9 Å². The third-order valence-corrected chi connectivity index (χ3v) is 8.66. The van der Waals surface area contributed by atoms with E-state index in [-0.39, 0.29) is 30.1 Å². The van der Waals surface area contributed by atoms with E-state index in [1.807, 2.05) is 80.6 Å². The zero-order valence-corrected chi connectivity index (χ0v) is 22.3. The molecule has 4 saturated carbocycles. The Morgan fingerprint density at radius 2 is 1.53 bits per heavy atom. The first-order chi connectivity index (χ1) is 18.4. The summed E-state index contributed by atoms with van der Waals surface area (Å²) >= 11 is 0. The fourth-order valence-electron chi connectivity index (χ4n) is 7.37. The minimum atomic E-state index is -0.240. The number of hydrogen-bond acceptors (Lipinski definition) is 3. The van der Waals surface area contributed by atoms with Crippen molar-refractivity contribution >= 4 is 17.8 Å². The zero-order chi connectivity index (χ0) is 26.3. The van der Waals surface area contributed by atoms with Crippen LogP contribution in [0.15, 0.2) is 66.7 Å². The minimum absolute atomic E-state index is 0.0174. The Bertz CT molecular complexity index is 1270. The zero-order valence-electron chi connectivity index (χ0n) is 22.3. The molecule has 0 saturated heterocycles. The number of urea groups is 1. The van der Waals surface area contributed by atoms with Crippen LogP contribution in [0.5, 0.6) is 0 Å². The van der Waals surface area contributed by atoms with E-state index in [0.29, 0.717) is 5.82 Å². The topological polar surface area (TPSA) is 79.3 Å². The third kappa shape index (κ3) is 4.94. The van der Waals surface area contributed by atoms with Gasteiger partial charge in [-0.3, -0.25) is 4.79 Å². The second kappa shape index (κ2) is 9.93. The molecular weight excluding hydrogens is 474 g/mol. The Kier molecular flexibility index (Phi) is 6.46. The van der Waals surface area contributed by atoms with Crippen LogP contribution in [0.4, 0.5) is 10.6 Å². The Morgan fingerprint density at radius 3 is 2.11 bits per heavy atom. The first-order valence-electron chi connectivity index (χ1n) is 14.0. The quantitative estimate of drug-likeness (QED) is 0.417. The summed E-state index contributed by atoms with van der Waals surface area (Å²) in [5.74, 6) is 2.57. The maximum absolute atomic E-state index is 13.6. The van der Waals surface area contributed by atoms with E-state index in [2.05, 4.69) is 10.6 Å². The largest absolute Gasteiger partial charge is 0.333 e. The Morgan fingerprint density at radius 1 is 0.947 bits per heavy atom. The number of aromatic nitrogens is 2. The Labute approximate surface area is 224 Å². The maximum Gasteiger partial charge on any atom is 0.318 e. The molecule has 0 aliphatic heterocycles. The highest BCUT2D eigenvalue weighted by Crippen LogP contribution is 2.55. The fraction of sp³-hybridized carbons (Fsp3) is 0.452. The van der Waals surface area contributed by atoms with Crippen LogP contribution in [-0.2, 0) is 4.79 Å². The molecule has 7 heteroatoms. The number of hydrogen-bond donors (Lipinski definition) is 2. The summed E-state index contributed by atoms with van der Waals surface area (Å²) in [5.41, 5.74) is 2.50. The molecule has 2 aromatic carbocycles. The van der Waals surface area contributed by atoms with E-state index >= 15 is 0 Å². The van der Waals surface area contributed by atoms with Crippen molar-refractivity contribution in [2.24, 2.45) is 17.8 Å². The molecular formula is C31H37N5O2. The standard InChI is InChI=1S/C31H37N5O2/c1-21(2)35(30(38)33-31-17-22-13-23(18-31)15-24(14-22)19-31)20-29(37)32-28-16-27(25-9-5-3-6-10-25)34-36(28)26-11-7-4-8-12-26/h3-12,16,21-24H,13-15,17-20H2,1-2H3,(H,32,37)(H,33,38). The number of carbonyl (C=O) groups excluding carboxylic acids is 2. The van der Waals surface area contributed by atoms with Gasteiger partial charge < -0.3 is 15.5 Å². The van der Waals surface area contributed by atoms with Crippen LogP contribution < -0.4 is 10.6 Å². The van der Waals surface area contributed by atoms with Gasteiger partial charge in [-0.05, 0) is 82.3 Å². The SMILES string of the molecule is CC(C)N(CC(=O)Nc1cc(-c2ccccc2)nn1-c1ccccc1)C(=O)NC12CC3CC(CC(C3)C1)C2. The molecule has 4 bridgehead atoms. The number of anilines is 1. The van der Waals surface area contributed by atoms with Gasteiger partial charge in [0, 0.05) is 23.2 Å². The van der Waals surface area contributed by atoms with Gasteiger partial charge in [0.2, 0.25) is 5.91 Å². The molecule has 3 aromatic rings. The number of rotatable bonds is 7. The molecule has 0 spiro atoms. The van der Waals surface area contributed by atoms with Gasteiger partial charge in [0.25, 0.3) is 0 Å². The lowest BCUT2D eigenvalue weighted by Gasteiger charge is -2.57. The first-order valence-corrected chi connectivity index (χ1v) is 14.0. The van der Waals surface area contributed by atoms with Crippen LogP contribution in [0.2, 0.25) is 0 Å². The lowest BCUT2D eigenvalue weighted by atomic mass is 9.53. The molecule has 4 aliphatic rings. The molecule has 3 amide bonds. The van der Waals surface area contributed by atoms with E-state index in [4.69, 9.17) is 5.10 Å². The summed E-state index contributed by atoms with van der Waals surface area (Å²) in [7, 11) is 0. The van der Waals surface area contributed by atoms with Crippen molar-refractivity contribution in [1.82, 2.24) is 20.0 Å². The Balaban J connectivity index is 1.19. The predicted molar refractivity (Wildman–Crippen MR) is 149 cm³/mol. The molecule has 1 aromatic heterocycles. The number of carbonyl (C=O) groups is 2. The first kappa shape index (κ1) is 24.7. The number of amides is 3. The minimum Gasteiger partial charge on any atom is -0.333 e. The summed E-state index contributed by atoms with van der Waals surface area (Å²) in [6.45, 7) is 3.92. The molecule has 38 heavy (non-hydrogen) atoms. The Hall–Kier alpha value is -3.61. The van der Waals surface area contributed by atoms with E-state index in [0.717, 1.165) is 54.0 Å². The normalized spacial score (nSPS) is 25.4. The molecule has 1 heterocycles. The third-order valence-electron chi connectivity index (χ3n) is 8.66. The van der Waals surface area contributed by atoms with E-state index in [1.165, 1.54) is 19.3 Å². The van der Waals surface area contributed by atoms with Gasteiger partial charge in [-0.2, -0.15) is 5.10 Å². The molecule has 4 fully saturated rings. The average Bonchev–Trinajstić information content (AvgIpc) is 3.30. The van der Waals surface area contributed by atoms with Crippen LogP contribution in [-0.4, -0.2) is 44.7 Å². The summed E-state index contributed by atoms with van der Waals surface area (Å²) in [4.78, 5) is 28.6. The van der Waals surface area contributed by atoms with Gasteiger partial charge in [0.05, 0.1) is 11.4 Å². The monoisotopic (exact) mass is 511 g/mol. The van der Waals surface area contributed by atoms with Crippen molar-refractivity contribution in [2.75, 3.05) is 11.9 Å². The van der Waals surface area contributed by atoms with Crippen LogP contribution >= 0.6 is 0 Å². The molecule has 4 aliphatic carbocycles. The highest BCUT2D eigenvalue weighted by molar-refractivity contribution is 5.94. The van der Waals surface area contributed by atoms with Crippen molar-refractivity contribution in [3.8, 4) is 16.9 Å². The van der Waals surface area contributed by atoms with Crippen molar-refractivity contribution in [3.05, 3.63) is 66.7 Å². The van der Waals surface area contributed by atoms with Crippen molar-refractivity contribution in [3.63, 3.8) is 0 Å². The van der Waals surface area contributed by atoms with Gasteiger partial charge >= 0.3 is 6.03 Å². The van der Waals surface area contributed by atoms with Crippen LogP contribution in [0, 0.1) is 17.8 Å². The van der Waals surface area contributed by atoms with E-state index in [9.17, 15) is 9.59 Å². The van der Waals surface area contributed by atoms with E-state index in [1.54, 1.807) is 9.58 Å². The predicted octanol–water partition coefficient (Wildman–Crippen LogP) is 5.87. The molecule has 0 atom stereocenters. The molecule has 198 valence electrons. The van der Waals surface area contributed by atoms with Gasteiger partial charge in [-0.1, -0.05) is 48.5 Å². The van der Waals surface area contributed by atoms with Gasteiger partial charge in [0.1, 0.15) is 12.4 Å². The molecule has 2 N–H and O–H groups in total. The fourth-order valence-corrected chi connectivity index (χ4v) is 7.37. The second-order valence-corrected chi connectivity index (χ2v) is 11.9. The smallest absolute Gasteiger partial charge is 0.318 e. The van der Waals surface area contributed by atoms with Crippen LogP contribution in [0.1, 0.15) is 52.4 Å². The maximum atomic E-state index is 13.6. The average molecular weight is 512 g/mol. The van der Waals surface area contributed by atoms with Gasteiger partial charge in [0.15, 0.2) is 0 Å². The second-order valence-electron chi connectivity index (χ2n) is 11.9. The van der Waals surface area contributed by atoms with Crippen molar-refractivity contribution in [1.29, 1.82) is 0 Å². The number of para-hydroxylation sites is 1. The van der Waals surface area contributed by atoms with Gasteiger partial charge in [-0.25, -0.2) is 9.48 Å². The lowest BCUT2D eigenvalue weighted by Crippen LogP contribution is -2.62. The molecule has 7 nitrogen and oxygen atoms in total. The van der Waals surface area contributed by atoms with Crippen molar-refractivity contribution < 1.29 is 9.59 Å². The van der Waals surface area contributed by atoms with Crippen LogP contribution in [0.3, 0.4) is 0 Å². The molecule has 7 rings (SSSR count). The summed E-state index contributed by atoms with van der Waals surface area (Å²) in [5, 5.41) is 11.3.